The van der Waals surface area contributed by atoms with Gasteiger partial charge in [0.2, 0.25) is 11.8 Å². The Morgan fingerprint density at radius 2 is 1.63 bits per heavy atom. The molecule has 1 aromatic carbocycles. The molecule has 0 saturated carbocycles. The number of amides is 2. The van der Waals surface area contributed by atoms with Gasteiger partial charge in [0.15, 0.2) is 0 Å². The van der Waals surface area contributed by atoms with Crippen LogP contribution in [0.15, 0.2) is 30.3 Å². The van der Waals surface area contributed by atoms with Crippen LogP contribution in [0.3, 0.4) is 0 Å². The van der Waals surface area contributed by atoms with Gasteiger partial charge in [-0.25, -0.2) is 10.3 Å². The van der Waals surface area contributed by atoms with Gasteiger partial charge in [-0.2, -0.15) is 0 Å². The van der Waals surface area contributed by atoms with Crippen LogP contribution in [0.25, 0.3) is 0 Å². The van der Waals surface area contributed by atoms with E-state index in [9.17, 15) is 14.4 Å². The number of hydrogen-bond acceptors (Lipinski definition) is 5. The van der Waals surface area contributed by atoms with E-state index >= 15 is 0 Å². The Morgan fingerprint density at radius 1 is 1.00 bits per heavy atom. The zero-order valence-electron chi connectivity index (χ0n) is 18.7. The second kappa shape index (κ2) is 13.0. The van der Waals surface area contributed by atoms with Crippen LogP contribution in [-0.4, -0.2) is 35.1 Å². The Morgan fingerprint density at radius 3 is 2.13 bits per heavy atom. The topological polar surface area (TPSA) is 105 Å². The summed E-state index contributed by atoms with van der Waals surface area (Å²) in [5.74, 6) is -2.66. The first kappa shape index (κ1) is 25.6. The van der Waals surface area contributed by atoms with Crippen LogP contribution in [0.5, 0.6) is 0 Å². The van der Waals surface area contributed by atoms with Gasteiger partial charge in [0.25, 0.3) is 0 Å². The maximum Gasteiger partial charge on any atom is 0.329 e. The number of carbonyl (C=O) groups excluding carboxylic acids is 3. The van der Waals surface area contributed by atoms with Crippen LogP contribution in [0.2, 0.25) is 0 Å². The molecule has 30 heavy (non-hydrogen) atoms. The average molecular weight is 421 g/mol. The Labute approximate surface area is 179 Å². The minimum Gasteiger partial charge on any atom is -0.461 e. The highest BCUT2D eigenvalue weighted by Gasteiger charge is 2.35. The molecule has 3 N–H and O–H groups in total. The van der Waals surface area contributed by atoms with Crippen LogP contribution in [0.4, 0.5) is 0 Å². The molecule has 0 aromatic heterocycles. The molecule has 7 heteroatoms. The monoisotopic (exact) mass is 420 g/mol. The van der Waals surface area contributed by atoms with Gasteiger partial charge in [0.1, 0.15) is 6.04 Å². The minimum atomic E-state index is -0.864. The first-order valence-electron chi connectivity index (χ1n) is 10.7. The summed E-state index contributed by atoms with van der Waals surface area (Å²) < 4.78 is 5.35. The number of ether oxygens (including phenoxy) is 1. The maximum absolute atomic E-state index is 13.2. The molecule has 0 aliphatic heterocycles. The lowest BCUT2D eigenvalue weighted by atomic mass is 9.81. The number of benzene rings is 1. The SMILES string of the molecule is CCC[C@H](C(=O)NO)[C@@H](CC(C)C)C(=O)N[C@@H](Cc1ccccc1)C(=O)OC(C)C. The molecule has 1 rings (SSSR count). The van der Waals surface area contributed by atoms with Crippen molar-refractivity contribution in [1.82, 2.24) is 10.8 Å². The van der Waals surface area contributed by atoms with E-state index < -0.39 is 29.8 Å². The molecule has 0 aliphatic rings. The van der Waals surface area contributed by atoms with Gasteiger partial charge in [-0.3, -0.25) is 14.8 Å². The summed E-state index contributed by atoms with van der Waals surface area (Å²) in [4.78, 5) is 38.1. The van der Waals surface area contributed by atoms with Crippen molar-refractivity contribution in [2.24, 2.45) is 17.8 Å². The zero-order valence-corrected chi connectivity index (χ0v) is 18.7. The highest BCUT2D eigenvalue weighted by molar-refractivity contribution is 5.90. The fourth-order valence-electron chi connectivity index (χ4n) is 3.51. The molecule has 0 radical (unpaired) electrons. The fraction of sp³-hybridized carbons (Fsp3) is 0.609. The number of hydrogen-bond donors (Lipinski definition) is 3. The summed E-state index contributed by atoms with van der Waals surface area (Å²) in [5.41, 5.74) is 2.58. The summed E-state index contributed by atoms with van der Waals surface area (Å²) in [6, 6.07) is 8.51. The van der Waals surface area contributed by atoms with Crippen molar-refractivity contribution in [3.63, 3.8) is 0 Å². The lowest BCUT2D eigenvalue weighted by molar-refractivity contribution is -0.152. The molecule has 3 atom stereocenters. The maximum atomic E-state index is 13.2. The van der Waals surface area contributed by atoms with E-state index in [0.717, 1.165) is 5.56 Å². The Balaban J connectivity index is 3.12. The number of esters is 1. The lowest BCUT2D eigenvalue weighted by Crippen LogP contribution is -2.49. The first-order chi connectivity index (χ1) is 14.2. The Bertz CT molecular complexity index is 675. The molecular weight excluding hydrogens is 384 g/mol. The summed E-state index contributed by atoms with van der Waals surface area (Å²) in [6.07, 6.45) is 1.57. The normalized spacial score (nSPS) is 14.1. The fourth-order valence-corrected chi connectivity index (χ4v) is 3.51. The lowest BCUT2D eigenvalue weighted by Gasteiger charge is -2.28. The van der Waals surface area contributed by atoms with E-state index in [2.05, 4.69) is 5.32 Å². The van der Waals surface area contributed by atoms with Gasteiger partial charge in [-0.1, -0.05) is 57.5 Å². The summed E-state index contributed by atoms with van der Waals surface area (Å²) in [7, 11) is 0. The van der Waals surface area contributed by atoms with Gasteiger partial charge in [-0.15, -0.1) is 0 Å². The van der Waals surface area contributed by atoms with Crippen molar-refractivity contribution in [1.29, 1.82) is 0 Å². The van der Waals surface area contributed by atoms with Gasteiger partial charge in [0, 0.05) is 12.3 Å². The highest BCUT2D eigenvalue weighted by atomic mass is 16.5. The van der Waals surface area contributed by atoms with Crippen LogP contribution in [0.1, 0.15) is 59.4 Å². The zero-order chi connectivity index (χ0) is 22.7. The molecule has 0 aliphatic carbocycles. The third-order valence-corrected chi connectivity index (χ3v) is 4.83. The van der Waals surface area contributed by atoms with E-state index in [1.165, 1.54) is 0 Å². The van der Waals surface area contributed by atoms with E-state index in [1.54, 1.807) is 19.3 Å². The number of carbonyl (C=O) groups is 3. The van der Waals surface area contributed by atoms with Crippen molar-refractivity contribution in [2.45, 2.75) is 72.4 Å². The van der Waals surface area contributed by atoms with Crippen LogP contribution < -0.4 is 10.8 Å². The van der Waals surface area contributed by atoms with Crippen molar-refractivity contribution in [3.8, 4) is 0 Å². The second-order valence-electron chi connectivity index (χ2n) is 8.34. The second-order valence-corrected chi connectivity index (χ2v) is 8.34. The highest BCUT2D eigenvalue weighted by Crippen LogP contribution is 2.26. The van der Waals surface area contributed by atoms with Crippen LogP contribution >= 0.6 is 0 Å². The minimum absolute atomic E-state index is 0.154. The number of rotatable bonds is 12. The molecule has 2 amide bonds. The van der Waals surface area contributed by atoms with E-state index in [1.807, 2.05) is 51.1 Å². The third-order valence-electron chi connectivity index (χ3n) is 4.83. The van der Waals surface area contributed by atoms with Crippen molar-refractivity contribution < 1.29 is 24.3 Å². The Kier molecular flexibility index (Phi) is 11.1. The molecule has 0 unspecified atom stereocenters. The molecule has 0 saturated heterocycles. The molecule has 168 valence electrons. The van der Waals surface area contributed by atoms with E-state index in [-0.39, 0.29) is 24.3 Å². The van der Waals surface area contributed by atoms with Crippen LogP contribution in [0, 0.1) is 17.8 Å². The standard InChI is InChI=1S/C23H36N2O5/c1-6-10-18(22(27)25-29)19(13-15(2)3)21(26)24-20(23(28)30-16(4)5)14-17-11-8-7-9-12-17/h7-9,11-12,15-16,18-20,29H,6,10,13-14H2,1-5H3,(H,24,26)(H,25,27)/t18-,19+,20-/m0/s1. The van der Waals surface area contributed by atoms with Gasteiger partial charge in [-0.05, 0) is 38.2 Å². The number of hydroxylamine groups is 1. The van der Waals surface area contributed by atoms with Gasteiger partial charge in [0.05, 0.1) is 12.0 Å². The summed E-state index contributed by atoms with van der Waals surface area (Å²) in [5, 5.41) is 12.0. The Hall–Kier alpha value is -2.41. The van der Waals surface area contributed by atoms with Crippen molar-refractivity contribution in [3.05, 3.63) is 35.9 Å². The molecule has 7 nitrogen and oxygen atoms in total. The largest absolute Gasteiger partial charge is 0.461 e. The molecule has 0 bridgehead atoms. The average Bonchev–Trinajstić information content (AvgIpc) is 2.69. The molecule has 0 heterocycles. The molecule has 0 spiro atoms. The van der Waals surface area contributed by atoms with Crippen molar-refractivity contribution >= 4 is 17.8 Å². The summed E-state index contributed by atoms with van der Waals surface area (Å²) >= 11 is 0. The predicted octanol–water partition coefficient (Wildman–Crippen LogP) is 3.25. The van der Waals surface area contributed by atoms with Gasteiger partial charge >= 0.3 is 5.97 Å². The smallest absolute Gasteiger partial charge is 0.329 e. The third kappa shape index (κ3) is 8.53. The van der Waals surface area contributed by atoms with Crippen LogP contribution in [-0.2, 0) is 25.5 Å². The predicted molar refractivity (Wildman–Crippen MR) is 115 cm³/mol. The molecule has 0 fully saturated rings. The quantitative estimate of drug-likeness (QED) is 0.273. The molecular formula is C23H36N2O5. The van der Waals surface area contributed by atoms with E-state index in [4.69, 9.17) is 9.94 Å². The van der Waals surface area contributed by atoms with E-state index in [0.29, 0.717) is 19.3 Å². The van der Waals surface area contributed by atoms with Gasteiger partial charge < -0.3 is 10.1 Å². The summed E-state index contributed by atoms with van der Waals surface area (Å²) in [6.45, 7) is 9.36. The number of nitrogens with one attached hydrogen (secondary N) is 2. The molecule has 1 aromatic rings. The van der Waals surface area contributed by atoms with Crippen molar-refractivity contribution in [2.75, 3.05) is 0 Å². The first-order valence-corrected chi connectivity index (χ1v) is 10.7.